The molecule has 6 nitrogen and oxygen atoms in total. The van der Waals surface area contributed by atoms with Gasteiger partial charge in [-0.3, -0.25) is 0 Å². The Morgan fingerprint density at radius 3 is 1.05 bits per heavy atom. The Kier molecular flexibility index (Phi) is 20.3. The van der Waals surface area contributed by atoms with Crippen LogP contribution in [0.25, 0.3) is 0 Å². The first-order valence-corrected chi connectivity index (χ1v) is 6.20. The van der Waals surface area contributed by atoms with Crippen LogP contribution in [0.2, 0.25) is 0 Å². The Bertz CT molecular complexity index is 242. The van der Waals surface area contributed by atoms with Crippen LogP contribution < -0.4 is 0 Å². The lowest BCUT2D eigenvalue weighted by Gasteiger charge is -1.93. The van der Waals surface area contributed by atoms with Crippen LogP contribution in [0.5, 0.6) is 0 Å². The molecule has 0 atom stereocenters. The first kappa shape index (κ1) is 23.4. The highest BCUT2D eigenvalue weighted by atomic mass is 16.4. The van der Waals surface area contributed by atoms with Gasteiger partial charge in [-0.1, -0.05) is 26.0 Å². The molecule has 6 heteroatoms. The lowest BCUT2D eigenvalue weighted by molar-refractivity contribution is -0.133. The van der Waals surface area contributed by atoms with E-state index in [1.54, 1.807) is 0 Å². The zero-order valence-electron chi connectivity index (χ0n) is 12.3. The van der Waals surface area contributed by atoms with Crippen molar-refractivity contribution in [2.24, 2.45) is 0 Å². The van der Waals surface area contributed by atoms with Crippen LogP contribution in [-0.2, 0) is 9.59 Å². The second kappa shape index (κ2) is 17.3. The molecule has 0 unspecified atom stereocenters. The molecule has 0 radical (unpaired) electrons. The van der Waals surface area contributed by atoms with Gasteiger partial charge in [0.2, 0.25) is 0 Å². The highest BCUT2D eigenvalue weighted by molar-refractivity contribution is 5.85. The summed E-state index contributed by atoms with van der Waals surface area (Å²) in [5.41, 5.74) is 0.352. The van der Waals surface area contributed by atoms with Crippen molar-refractivity contribution in [2.45, 2.75) is 39.5 Å². The molecule has 0 aromatic heterocycles. The molecule has 0 saturated heterocycles. The average Bonchev–Trinajstić information content (AvgIpc) is 2.36. The van der Waals surface area contributed by atoms with Gasteiger partial charge in [0.05, 0.1) is 0 Å². The molecular weight excluding hydrogens is 264 g/mol. The van der Waals surface area contributed by atoms with Crippen molar-refractivity contribution in [1.29, 1.82) is 0 Å². The number of carbonyl (C=O) groups is 2. The monoisotopic (exact) mass is 290 g/mol. The van der Waals surface area contributed by atoms with Crippen LogP contribution in [0.15, 0.2) is 24.3 Å². The second-order valence-corrected chi connectivity index (χ2v) is 4.03. The van der Waals surface area contributed by atoms with Gasteiger partial charge >= 0.3 is 11.9 Å². The summed E-state index contributed by atoms with van der Waals surface area (Å²) in [5.74, 6) is -1.87. The summed E-state index contributed by atoms with van der Waals surface area (Å²) in [6.45, 7) is 9.77. The number of hydrogen-bond donors (Lipinski definition) is 4. The highest BCUT2D eigenvalue weighted by Crippen LogP contribution is 1.96. The van der Waals surface area contributed by atoms with Gasteiger partial charge in [-0.25, -0.2) is 9.59 Å². The van der Waals surface area contributed by atoms with Gasteiger partial charge in [0.15, 0.2) is 0 Å². The maximum atomic E-state index is 9.60. The van der Waals surface area contributed by atoms with Crippen LogP contribution in [0.3, 0.4) is 0 Å². The molecule has 118 valence electrons. The molecule has 0 heterocycles. The molecule has 0 rings (SSSR count). The van der Waals surface area contributed by atoms with Gasteiger partial charge in [-0.2, -0.15) is 0 Å². The molecule has 0 bridgehead atoms. The molecule has 0 aliphatic carbocycles. The Morgan fingerprint density at radius 1 is 0.750 bits per heavy atom. The Hall–Kier alpha value is -1.66. The van der Waals surface area contributed by atoms with Crippen molar-refractivity contribution in [3.63, 3.8) is 0 Å². The first-order valence-electron chi connectivity index (χ1n) is 6.20. The molecule has 0 aromatic rings. The minimum absolute atomic E-state index is 0.176. The molecule has 0 amide bonds. The third kappa shape index (κ3) is 29.9. The maximum Gasteiger partial charge on any atom is 0.330 e. The van der Waals surface area contributed by atoms with E-state index in [9.17, 15) is 9.59 Å². The van der Waals surface area contributed by atoms with Crippen molar-refractivity contribution in [3.8, 4) is 0 Å². The molecule has 20 heavy (non-hydrogen) atoms. The van der Waals surface area contributed by atoms with Crippen molar-refractivity contribution >= 4 is 11.9 Å². The molecule has 0 spiro atoms. The van der Waals surface area contributed by atoms with E-state index in [4.69, 9.17) is 20.4 Å². The fourth-order valence-electron chi connectivity index (χ4n) is 0.577. The summed E-state index contributed by atoms with van der Waals surface area (Å²) < 4.78 is 0. The lowest BCUT2D eigenvalue weighted by Crippen LogP contribution is -1.92. The minimum Gasteiger partial charge on any atom is -0.478 e. The number of carboxylic acids is 2. The summed E-state index contributed by atoms with van der Waals surface area (Å²) >= 11 is 0. The normalized spacial score (nSPS) is 8.40. The van der Waals surface area contributed by atoms with Gasteiger partial charge in [0.25, 0.3) is 0 Å². The van der Waals surface area contributed by atoms with Gasteiger partial charge in [-0.05, 0) is 26.7 Å². The highest BCUT2D eigenvalue weighted by Gasteiger charge is 1.90. The van der Waals surface area contributed by atoms with Gasteiger partial charge < -0.3 is 20.4 Å². The smallest absolute Gasteiger partial charge is 0.330 e. The number of hydrogen-bond acceptors (Lipinski definition) is 4. The number of aliphatic carboxylic acids is 2. The summed E-state index contributed by atoms with van der Waals surface area (Å²) in [6, 6.07) is 0. The second-order valence-electron chi connectivity index (χ2n) is 4.03. The van der Waals surface area contributed by atoms with Crippen molar-refractivity contribution in [2.75, 3.05) is 13.2 Å². The van der Waals surface area contributed by atoms with E-state index in [0.29, 0.717) is 0 Å². The van der Waals surface area contributed by atoms with E-state index in [-0.39, 0.29) is 24.4 Å². The standard InChI is InChI=1S/C6H14O2.2C4H6O2/c7-5-3-1-2-4-6-8;2*1-3(2)4(5)6/h7-8H,1-6H2;2*1H2,2H3,(H,5,6). The third-order valence-corrected chi connectivity index (χ3v) is 1.80. The number of aliphatic hydroxyl groups is 2. The van der Waals surface area contributed by atoms with Gasteiger partial charge in [0, 0.05) is 24.4 Å². The SMILES string of the molecule is C=C(C)C(=O)O.C=C(C)C(=O)O.OCCCCCCO. The summed E-state index contributed by atoms with van der Waals surface area (Å²) in [7, 11) is 0. The lowest BCUT2D eigenvalue weighted by atomic mass is 10.2. The molecule has 0 saturated carbocycles. The van der Waals surface area contributed by atoms with E-state index >= 15 is 0 Å². The fourth-order valence-corrected chi connectivity index (χ4v) is 0.577. The van der Waals surface area contributed by atoms with Crippen LogP contribution in [-0.4, -0.2) is 45.6 Å². The molecule has 0 aliphatic rings. The van der Waals surface area contributed by atoms with E-state index in [1.807, 2.05) is 0 Å². The fraction of sp³-hybridized carbons (Fsp3) is 0.571. The maximum absolute atomic E-state index is 9.60. The number of rotatable bonds is 7. The predicted molar refractivity (Wildman–Crippen MR) is 77.5 cm³/mol. The minimum atomic E-state index is -0.935. The van der Waals surface area contributed by atoms with Crippen LogP contribution in [0.4, 0.5) is 0 Å². The summed E-state index contributed by atoms with van der Waals surface area (Å²) in [4.78, 5) is 19.2. The van der Waals surface area contributed by atoms with E-state index in [0.717, 1.165) is 25.7 Å². The van der Waals surface area contributed by atoms with Gasteiger partial charge in [0.1, 0.15) is 0 Å². The molecule has 0 fully saturated rings. The van der Waals surface area contributed by atoms with Crippen LogP contribution in [0.1, 0.15) is 39.5 Å². The Labute approximate surface area is 120 Å². The first-order chi connectivity index (χ1) is 9.20. The van der Waals surface area contributed by atoms with Crippen molar-refractivity contribution in [1.82, 2.24) is 0 Å². The number of carboxylic acid groups (broad SMARTS) is 2. The van der Waals surface area contributed by atoms with E-state index in [1.165, 1.54) is 13.8 Å². The zero-order chi connectivity index (χ0) is 16.6. The quantitative estimate of drug-likeness (QED) is 0.420. The third-order valence-electron chi connectivity index (χ3n) is 1.80. The number of aliphatic hydroxyl groups excluding tert-OH is 2. The molecule has 0 aliphatic heterocycles. The molecular formula is C14H26O6. The largest absolute Gasteiger partial charge is 0.478 e. The summed E-state index contributed by atoms with van der Waals surface area (Å²) in [5, 5.41) is 32.4. The van der Waals surface area contributed by atoms with Crippen LogP contribution in [0, 0.1) is 0 Å². The Morgan fingerprint density at radius 2 is 0.950 bits per heavy atom. The van der Waals surface area contributed by atoms with E-state index in [2.05, 4.69) is 13.2 Å². The Balaban J connectivity index is -0.000000221. The predicted octanol–water partition coefficient (Wildman–Crippen LogP) is 1.83. The molecule has 0 aromatic carbocycles. The topological polar surface area (TPSA) is 115 Å². The summed E-state index contributed by atoms with van der Waals surface area (Å²) in [6.07, 6.45) is 3.83. The van der Waals surface area contributed by atoms with E-state index < -0.39 is 11.9 Å². The zero-order valence-corrected chi connectivity index (χ0v) is 12.3. The van der Waals surface area contributed by atoms with Crippen LogP contribution >= 0.6 is 0 Å². The average molecular weight is 290 g/mol. The molecule has 4 N–H and O–H groups in total. The number of unbranched alkanes of at least 4 members (excludes halogenated alkanes) is 3. The van der Waals surface area contributed by atoms with Gasteiger partial charge in [-0.15, -0.1) is 0 Å². The van der Waals surface area contributed by atoms with Crippen molar-refractivity contribution < 1.29 is 30.0 Å². The van der Waals surface area contributed by atoms with Crippen molar-refractivity contribution in [3.05, 3.63) is 24.3 Å².